The molecule has 1 unspecified atom stereocenters. The molecule has 86 valence electrons. The summed E-state index contributed by atoms with van der Waals surface area (Å²) < 4.78 is 5.22. The molecule has 1 atom stereocenters. The van der Waals surface area contributed by atoms with Gasteiger partial charge in [0.05, 0.1) is 17.6 Å². The fourth-order valence-electron chi connectivity index (χ4n) is 1.78. The predicted octanol–water partition coefficient (Wildman–Crippen LogP) is 2.10. The topological polar surface area (TPSA) is 64.4 Å². The average Bonchev–Trinajstić information content (AvgIpc) is 2.73. The van der Waals surface area contributed by atoms with Crippen molar-refractivity contribution in [3.8, 4) is 0 Å². The Morgan fingerprint density at radius 3 is 3.00 bits per heavy atom. The Morgan fingerprint density at radius 1 is 1.56 bits per heavy atom. The van der Waals surface area contributed by atoms with E-state index in [0.717, 1.165) is 18.6 Å². The number of ether oxygens (including phenoxy) is 1. The summed E-state index contributed by atoms with van der Waals surface area (Å²) in [5, 5.41) is 14.0. The molecule has 2 rings (SSSR count). The van der Waals surface area contributed by atoms with Gasteiger partial charge in [-0.2, -0.15) is 0 Å². The fourth-order valence-corrected chi connectivity index (χ4v) is 1.78. The van der Waals surface area contributed by atoms with E-state index < -0.39 is 0 Å². The Bertz CT molecular complexity index is 400. The molecule has 1 saturated heterocycles. The Labute approximate surface area is 93.6 Å². The van der Waals surface area contributed by atoms with Crippen LogP contribution in [0.15, 0.2) is 18.2 Å². The molecule has 1 fully saturated rings. The van der Waals surface area contributed by atoms with Gasteiger partial charge in [-0.15, -0.1) is 0 Å². The number of nitrogens with zero attached hydrogens (tertiary/aromatic N) is 1. The monoisotopic (exact) mass is 222 g/mol. The number of hydrogen-bond acceptors (Lipinski definition) is 4. The first-order valence-electron chi connectivity index (χ1n) is 5.26. The van der Waals surface area contributed by atoms with Gasteiger partial charge in [0.25, 0.3) is 5.69 Å². The molecule has 0 radical (unpaired) electrons. The molecule has 0 bridgehead atoms. The quantitative estimate of drug-likeness (QED) is 0.628. The summed E-state index contributed by atoms with van der Waals surface area (Å²) in [7, 11) is 0. The number of anilines is 1. The van der Waals surface area contributed by atoms with Crippen LogP contribution in [0.5, 0.6) is 0 Å². The van der Waals surface area contributed by atoms with Gasteiger partial charge in [-0.25, -0.2) is 0 Å². The maximum Gasteiger partial charge on any atom is 0.292 e. The second kappa shape index (κ2) is 4.49. The summed E-state index contributed by atoms with van der Waals surface area (Å²) in [6.45, 7) is 3.18. The molecule has 0 amide bonds. The summed E-state index contributed by atoms with van der Waals surface area (Å²) in [6.07, 6.45) is 0.894. The molecular formula is C11H14N2O3. The van der Waals surface area contributed by atoms with E-state index in [2.05, 4.69) is 5.32 Å². The van der Waals surface area contributed by atoms with Gasteiger partial charge in [0.15, 0.2) is 0 Å². The van der Waals surface area contributed by atoms with Gasteiger partial charge >= 0.3 is 0 Å². The van der Waals surface area contributed by atoms with E-state index in [9.17, 15) is 10.1 Å². The molecule has 5 nitrogen and oxygen atoms in total. The summed E-state index contributed by atoms with van der Waals surface area (Å²) in [6, 6.07) is 5.39. The van der Waals surface area contributed by atoms with Gasteiger partial charge in [0.1, 0.15) is 5.69 Å². The number of aryl methyl sites for hydroxylation is 1. The van der Waals surface area contributed by atoms with Gasteiger partial charge in [-0.3, -0.25) is 10.1 Å². The number of benzene rings is 1. The van der Waals surface area contributed by atoms with Crippen molar-refractivity contribution in [3.05, 3.63) is 33.9 Å². The van der Waals surface area contributed by atoms with Crippen LogP contribution in [-0.2, 0) is 4.74 Å². The van der Waals surface area contributed by atoms with Crippen LogP contribution >= 0.6 is 0 Å². The highest BCUT2D eigenvalue weighted by atomic mass is 16.6. The Balaban J connectivity index is 2.21. The van der Waals surface area contributed by atoms with E-state index in [1.165, 1.54) is 0 Å². The summed E-state index contributed by atoms with van der Waals surface area (Å²) in [5.41, 5.74) is 1.60. The second-order valence-corrected chi connectivity index (χ2v) is 3.98. The first-order valence-corrected chi connectivity index (χ1v) is 5.26. The highest BCUT2D eigenvalue weighted by molar-refractivity contribution is 5.63. The normalized spacial score (nSPS) is 19.7. The number of nitrogens with one attached hydrogen (secondary N) is 1. The van der Waals surface area contributed by atoms with Gasteiger partial charge in [0, 0.05) is 12.7 Å². The third-order valence-corrected chi connectivity index (χ3v) is 2.64. The average molecular weight is 222 g/mol. The number of nitro groups is 1. The first-order chi connectivity index (χ1) is 7.66. The van der Waals surface area contributed by atoms with Gasteiger partial charge in [-0.05, 0) is 25.0 Å². The molecule has 1 aromatic rings. The molecular weight excluding hydrogens is 208 g/mol. The zero-order valence-corrected chi connectivity index (χ0v) is 9.10. The maximum absolute atomic E-state index is 10.9. The van der Waals surface area contributed by atoms with Crippen LogP contribution in [0.4, 0.5) is 11.4 Å². The lowest BCUT2D eigenvalue weighted by Crippen LogP contribution is -2.19. The highest BCUT2D eigenvalue weighted by Crippen LogP contribution is 2.26. The van der Waals surface area contributed by atoms with E-state index in [4.69, 9.17) is 4.74 Å². The first kappa shape index (κ1) is 10.9. The molecule has 1 N–H and O–H groups in total. The largest absolute Gasteiger partial charge is 0.379 e. The smallest absolute Gasteiger partial charge is 0.292 e. The minimum Gasteiger partial charge on any atom is -0.379 e. The Morgan fingerprint density at radius 2 is 2.38 bits per heavy atom. The van der Waals surface area contributed by atoms with Crippen LogP contribution < -0.4 is 5.32 Å². The van der Waals surface area contributed by atoms with Crippen molar-refractivity contribution < 1.29 is 9.66 Å². The summed E-state index contributed by atoms with van der Waals surface area (Å²) >= 11 is 0. The fraction of sp³-hybridized carbons (Fsp3) is 0.455. The molecule has 1 heterocycles. The molecule has 16 heavy (non-hydrogen) atoms. The van der Waals surface area contributed by atoms with Gasteiger partial charge in [0.2, 0.25) is 0 Å². The van der Waals surface area contributed by atoms with E-state index in [1.54, 1.807) is 12.1 Å². The van der Waals surface area contributed by atoms with E-state index in [-0.39, 0.29) is 16.7 Å². The van der Waals surface area contributed by atoms with Gasteiger partial charge < -0.3 is 10.1 Å². The van der Waals surface area contributed by atoms with Crippen molar-refractivity contribution in [3.63, 3.8) is 0 Å². The maximum atomic E-state index is 10.9. The lowest BCUT2D eigenvalue weighted by molar-refractivity contribution is -0.384. The van der Waals surface area contributed by atoms with Crippen LogP contribution in [0.1, 0.15) is 12.0 Å². The van der Waals surface area contributed by atoms with Crippen molar-refractivity contribution in [1.29, 1.82) is 0 Å². The number of hydrogen-bond donors (Lipinski definition) is 1. The zero-order valence-electron chi connectivity index (χ0n) is 9.10. The Kier molecular flexibility index (Phi) is 3.05. The zero-order chi connectivity index (χ0) is 11.5. The second-order valence-electron chi connectivity index (χ2n) is 3.98. The Hall–Kier alpha value is -1.62. The van der Waals surface area contributed by atoms with E-state index >= 15 is 0 Å². The molecule has 1 aliphatic rings. The van der Waals surface area contributed by atoms with Crippen LogP contribution in [0.3, 0.4) is 0 Å². The molecule has 0 aromatic heterocycles. The van der Waals surface area contributed by atoms with Crippen LogP contribution in [0.2, 0.25) is 0 Å². The molecule has 0 aliphatic carbocycles. The van der Waals surface area contributed by atoms with Crippen molar-refractivity contribution in [2.24, 2.45) is 0 Å². The summed E-state index contributed by atoms with van der Waals surface area (Å²) in [4.78, 5) is 10.5. The van der Waals surface area contributed by atoms with Crippen molar-refractivity contribution >= 4 is 11.4 Å². The summed E-state index contributed by atoms with van der Waals surface area (Å²) in [5.74, 6) is 0. The molecule has 0 spiro atoms. The van der Waals surface area contributed by atoms with Crippen molar-refractivity contribution in [1.82, 2.24) is 0 Å². The lowest BCUT2D eigenvalue weighted by atomic mass is 10.1. The van der Waals surface area contributed by atoms with Crippen molar-refractivity contribution in [2.45, 2.75) is 19.4 Å². The lowest BCUT2D eigenvalue weighted by Gasteiger charge is -2.12. The van der Waals surface area contributed by atoms with E-state index in [0.29, 0.717) is 12.3 Å². The minimum absolute atomic E-state index is 0.131. The molecule has 0 saturated carbocycles. The number of nitro benzene ring substituents is 1. The van der Waals surface area contributed by atoms with Crippen LogP contribution in [0, 0.1) is 17.0 Å². The standard InChI is InChI=1S/C11H14N2O3/c1-8-2-3-10(11(6-8)13(14)15)12-9-4-5-16-7-9/h2-3,6,9,12H,4-5,7H2,1H3. The molecule has 1 aromatic carbocycles. The minimum atomic E-state index is -0.356. The van der Waals surface area contributed by atoms with Crippen molar-refractivity contribution in [2.75, 3.05) is 18.5 Å². The molecule has 1 aliphatic heterocycles. The van der Waals surface area contributed by atoms with Gasteiger partial charge in [-0.1, -0.05) is 6.07 Å². The number of rotatable bonds is 3. The SMILES string of the molecule is Cc1ccc(NC2CCOC2)c([N+](=O)[O-])c1. The highest BCUT2D eigenvalue weighted by Gasteiger charge is 2.20. The van der Waals surface area contributed by atoms with E-state index in [1.807, 2.05) is 13.0 Å². The third-order valence-electron chi connectivity index (χ3n) is 2.64. The van der Waals surface area contributed by atoms with Crippen LogP contribution in [0.25, 0.3) is 0 Å². The molecule has 5 heteroatoms. The third kappa shape index (κ3) is 2.30. The van der Waals surface area contributed by atoms with Crippen LogP contribution in [-0.4, -0.2) is 24.2 Å². The predicted molar refractivity (Wildman–Crippen MR) is 60.7 cm³/mol.